The number of hydrogen-bond acceptors (Lipinski definition) is 4. The zero-order chi connectivity index (χ0) is 20.2. The topological polar surface area (TPSA) is 60.0 Å². The quantitative estimate of drug-likeness (QED) is 0.271. The highest BCUT2D eigenvalue weighted by molar-refractivity contribution is 7.99. The molecule has 1 atom stereocenters. The van der Waals surface area contributed by atoms with Crippen molar-refractivity contribution < 1.29 is 4.79 Å². The van der Waals surface area contributed by atoms with Crippen LogP contribution in [0.2, 0.25) is 0 Å². The molecular formula is C21H35N5OS. The van der Waals surface area contributed by atoms with E-state index in [0.717, 1.165) is 63.7 Å². The molecule has 28 heavy (non-hydrogen) atoms. The number of hydrogen-bond donors (Lipinski definition) is 2. The lowest BCUT2D eigenvalue weighted by molar-refractivity contribution is -0.133. The highest BCUT2D eigenvalue weighted by Crippen LogP contribution is 2.19. The van der Waals surface area contributed by atoms with E-state index in [1.165, 1.54) is 4.90 Å². The van der Waals surface area contributed by atoms with E-state index < -0.39 is 0 Å². The molecule has 2 rings (SSSR count). The van der Waals surface area contributed by atoms with Gasteiger partial charge in [-0.15, -0.1) is 11.8 Å². The van der Waals surface area contributed by atoms with Crippen LogP contribution in [0.4, 0.5) is 0 Å². The summed E-state index contributed by atoms with van der Waals surface area (Å²) in [5.41, 5.74) is 0. The Balaban J connectivity index is 1.69. The van der Waals surface area contributed by atoms with Gasteiger partial charge in [-0.05, 0) is 44.9 Å². The van der Waals surface area contributed by atoms with Crippen LogP contribution in [0.25, 0.3) is 0 Å². The summed E-state index contributed by atoms with van der Waals surface area (Å²) in [5, 5.41) is 6.71. The molecule has 156 valence electrons. The molecule has 0 spiro atoms. The smallest absolute Gasteiger partial charge is 0.239 e. The Labute approximate surface area is 174 Å². The van der Waals surface area contributed by atoms with Crippen molar-refractivity contribution in [1.82, 2.24) is 20.4 Å². The van der Waals surface area contributed by atoms with Gasteiger partial charge in [-0.1, -0.05) is 18.2 Å². The van der Waals surface area contributed by atoms with E-state index in [0.29, 0.717) is 0 Å². The minimum absolute atomic E-state index is 0.0559. The number of rotatable bonds is 10. The minimum atomic E-state index is 0.0559. The number of likely N-dealkylation sites (tertiary alicyclic amines) is 1. The molecule has 1 amide bonds. The third kappa shape index (κ3) is 7.72. The van der Waals surface area contributed by atoms with Crippen molar-refractivity contribution in [3.8, 4) is 0 Å². The summed E-state index contributed by atoms with van der Waals surface area (Å²) in [5.74, 6) is 2.10. The molecule has 1 aromatic rings. The van der Waals surface area contributed by atoms with Gasteiger partial charge < -0.3 is 15.5 Å². The van der Waals surface area contributed by atoms with E-state index in [4.69, 9.17) is 0 Å². The Morgan fingerprint density at radius 2 is 2.07 bits per heavy atom. The molecule has 0 radical (unpaired) electrons. The van der Waals surface area contributed by atoms with Gasteiger partial charge in [0.1, 0.15) is 0 Å². The Morgan fingerprint density at radius 1 is 1.29 bits per heavy atom. The van der Waals surface area contributed by atoms with Gasteiger partial charge in [-0.2, -0.15) is 0 Å². The highest BCUT2D eigenvalue weighted by Gasteiger charge is 2.30. The summed E-state index contributed by atoms with van der Waals surface area (Å²) >= 11 is 1.84. The maximum atomic E-state index is 12.3. The van der Waals surface area contributed by atoms with E-state index in [1.807, 2.05) is 31.9 Å². The maximum Gasteiger partial charge on any atom is 0.239 e. The number of nitrogens with zero attached hydrogens (tertiary/aromatic N) is 3. The van der Waals surface area contributed by atoms with Crippen LogP contribution in [0.15, 0.2) is 40.2 Å². The molecule has 1 unspecified atom stereocenters. The molecule has 1 aliphatic rings. The van der Waals surface area contributed by atoms with Crippen molar-refractivity contribution in [2.75, 3.05) is 52.6 Å². The van der Waals surface area contributed by atoms with Gasteiger partial charge in [0.15, 0.2) is 5.96 Å². The number of benzene rings is 1. The number of guanidine groups is 1. The fraction of sp³-hybridized carbons (Fsp3) is 0.619. The van der Waals surface area contributed by atoms with Crippen molar-refractivity contribution in [3.63, 3.8) is 0 Å². The molecule has 1 aliphatic heterocycles. The van der Waals surface area contributed by atoms with E-state index >= 15 is 0 Å². The molecule has 1 saturated heterocycles. The van der Waals surface area contributed by atoms with Crippen molar-refractivity contribution in [2.45, 2.75) is 37.1 Å². The fourth-order valence-corrected chi connectivity index (χ4v) is 4.12. The maximum absolute atomic E-state index is 12.3. The first-order chi connectivity index (χ1) is 13.6. The third-order valence-corrected chi connectivity index (χ3v) is 5.73. The van der Waals surface area contributed by atoms with E-state index in [9.17, 15) is 4.79 Å². The Kier molecular flexibility index (Phi) is 10.2. The SMILES string of the molecule is CCNC(=NCCCN1CCCC1C(=O)N(C)C)NCCSc1ccccc1. The predicted octanol–water partition coefficient (Wildman–Crippen LogP) is 2.28. The molecule has 0 aliphatic carbocycles. The number of amides is 1. The lowest BCUT2D eigenvalue weighted by atomic mass is 10.2. The van der Waals surface area contributed by atoms with Crippen LogP contribution in [0.3, 0.4) is 0 Å². The first kappa shape index (κ1) is 22.6. The van der Waals surface area contributed by atoms with Crippen LogP contribution in [-0.4, -0.2) is 80.3 Å². The van der Waals surface area contributed by atoms with Gasteiger partial charge in [0.25, 0.3) is 0 Å². The number of thioether (sulfide) groups is 1. The van der Waals surface area contributed by atoms with Gasteiger partial charge >= 0.3 is 0 Å². The zero-order valence-electron chi connectivity index (χ0n) is 17.5. The van der Waals surface area contributed by atoms with Crippen LogP contribution in [0.5, 0.6) is 0 Å². The van der Waals surface area contributed by atoms with Gasteiger partial charge in [-0.25, -0.2) is 0 Å². The molecule has 7 heteroatoms. The molecule has 0 aromatic heterocycles. The van der Waals surface area contributed by atoms with E-state index in [1.54, 1.807) is 4.90 Å². The van der Waals surface area contributed by atoms with Crippen molar-refractivity contribution in [3.05, 3.63) is 30.3 Å². The molecule has 0 saturated carbocycles. The Morgan fingerprint density at radius 3 is 2.79 bits per heavy atom. The molecule has 1 fully saturated rings. The summed E-state index contributed by atoms with van der Waals surface area (Å²) < 4.78 is 0. The second-order valence-corrected chi connectivity index (χ2v) is 8.30. The van der Waals surface area contributed by atoms with Crippen LogP contribution >= 0.6 is 11.8 Å². The molecule has 1 heterocycles. The number of likely N-dealkylation sites (N-methyl/N-ethyl adjacent to an activating group) is 1. The number of aliphatic imine (C=N–C) groups is 1. The molecule has 2 N–H and O–H groups in total. The van der Waals surface area contributed by atoms with Gasteiger partial charge in [0, 0.05) is 50.9 Å². The van der Waals surface area contributed by atoms with Gasteiger partial charge in [0.05, 0.1) is 6.04 Å². The second kappa shape index (κ2) is 12.7. The van der Waals surface area contributed by atoms with Gasteiger partial charge in [-0.3, -0.25) is 14.7 Å². The fourth-order valence-electron chi connectivity index (χ4n) is 3.33. The molecule has 0 bridgehead atoms. The zero-order valence-corrected chi connectivity index (χ0v) is 18.3. The van der Waals surface area contributed by atoms with Crippen LogP contribution < -0.4 is 10.6 Å². The van der Waals surface area contributed by atoms with Crippen molar-refractivity contribution >= 4 is 23.6 Å². The summed E-state index contributed by atoms with van der Waals surface area (Å²) in [6.45, 7) is 6.51. The van der Waals surface area contributed by atoms with Crippen LogP contribution in [0, 0.1) is 0 Å². The third-order valence-electron chi connectivity index (χ3n) is 4.71. The average Bonchev–Trinajstić information content (AvgIpc) is 3.16. The first-order valence-corrected chi connectivity index (χ1v) is 11.3. The number of carbonyl (C=O) groups is 1. The van der Waals surface area contributed by atoms with Crippen molar-refractivity contribution in [2.24, 2.45) is 4.99 Å². The molecular weight excluding hydrogens is 370 g/mol. The predicted molar refractivity (Wildman–Crippen MR) is 119 cm³/mol. The summed E-state index contributed by atoms with van der Waals surface area (Å²) in [6, 6.07) is 10.5. The monoisotopic (exact) mass is 405 g/mol. The van der Waals surface area contributed by atoms with Gasteiger partial charge in [0.2, 0.25) is 5.91 Å². The Hall–Kier alpha value is -1.73. The number of nitrogens with one attached hydrogen (secondary N) is 2. The minimum Gasteiger partial charge on any atom is -0.357 e. The summed E-state index contributed by atoms with van der Waals surface area (Å²) in [4.78, 5) is 22.3. The summed E-state index contributed by atoms with van der Waals surface area (Å²) in [6.07, 6.45) is 3.05. The number of carbonyl (C=O) groups excluding carboxylic acids is 1. The van der Waals surface area contributed by atoms with Crippen molar-refractivity contribution in [1.29, 1.82) is 0 Å². The first-order valence-electron chi connectivity index (χ1n) is 10.3. The molecule has 6 nitrogen and oxygen atoms in total. The second-order valence-electron chi connectivity index (χ2n) is 7.13. The highest BCUT2D eigenvalue weighted by atomic mass is 32.2. The lowest BCUT2D eigenvalue weighted by Crippen LogP contribution is -2.43. The normalized spacial score (nSPS) is 17.5. The molecule has 1 aromatic carbocycles. The Bertz CT molecular complexity index is 608. The summed E-state index contributed by atoms with van der Waals surface area (Å²) in [7, 11) is 3.68. The van der Waals surface area contributed by atoms with Crippen LogP contribution in [-0.2, 0) is 4.79 Å². The largest absolute Gasteiger partial charge is 0.357 e. The van der Waals surface area contributed by atoms with Crippen LogP contribution in [0.1, 0.15) is 26.2 Å². The average molecular weight is 406 g/mol. The standard InChI is InChI=1S/C21H35N5OS/c1-4-22-21(24-14-17-28-18-10-6-5-7-11-18)23-13-9-16-26-15-8-12-19(26)20(27)25(2)3/h5-7,10-11,19H,4,8-9,12-17H2,1-3H3,(H2,22,23,24). The van der Waals surface area contributed by atoms with E-state index in [2.05, 4.69) is 51.7 Å². The van der Waals surface area contributed by atoms with E-state index in [-0.39, 0.29) is 11.9 Å². The lowest BCUT2D eigenvalue weighted by Gasteiger charge is -2.25.